The first-order chi connectivity index (χ1) is 13.1. The van der Waals surface area contributed by atoms with E-state index in [1.807, 2.05) is 19.2 Å². The van der Waals surface area contributed by atoms with Gasteiger partial charge >= 0.3 is 0 Å². The van der Waals surface area contributed by atoms with Gasteiger partial charge in [-0.1, -0.05) is 29.8 Å². The fraction of sp³-hybridized carbons (Fsp3) is 0.429. The summed E-state index contributed by atoms with van der Waals surface area (Å²) in [6, 6.07) is 10.4. The first kappa shape index (κ1) is 22.4. The number of hydrogen-bond acceptors (Lipinski definition) is 4. The molecule has 0 amide bonds. The van der Waals surface area contributed by atoms with E-state index >= 15 is 0 Å². The Hall–Kier alpha value is -1.87. The fourth-order valence-electron chi connectivity index (χ4n) is 3.47. The molecular formula is C21H29IN4O2. The minimum absolute atomic E-state index is 0. The SMILES string of the molecule is CN=C(NCc1cccnc1OC)N1CCOC(c2ccc(C)cc2C)C1.I. The molecular weight excluding hydrogens is 467 g/mol. The molecule has 1 aromatic heterocycles. The largest absolute Gasteiger partial charge is 0.481 e. The van der Waals surface area contributed by atoms with Crippen molar-refractivity contribution in [2.75, 3.05) is 33.9 Å². The van der Waals surface area contributed by atoms with Crippen molar-refractivity contribution >= 4 is 29.9 Å². The van der Waals surface area contributed by atoms with Crippen LogP contribution in [0.25, 0.3) is 0 Å². The zero-order chi connectivity index (χ0) is 19.2. The molecule has 1 aromatic carbocycles. The average Bonchev–Trinajstić information content (AvgIpc) is 2.69. The highest BCUT2D eigenvalue weighted by Gasteiger charge is 2.25. The van der Waals surface area contributed by atoms with E-state index in [4.69, 9.17) is 9.47 Å². The lowest BCUT2D eigenvalue weighted by Crippen LogP contribution is -2.48. The van der Waals surface area contributed by atoms with Crippen LogP contribution in [-0.2, 0) is 11.3 Å². The van der Waals surface area contributed by atoms with Crippen LogP contribution in [0, 0.1) is 13.8 Å². The maximum Gasteiger partial charge on any atom is 0.218 e. The van der Waals surface area contributed by atoms with Crippen LogP contribution in [0.5, 0.6) is 5.88 Å². The van der Waals surface area contributed by atoms with E-state index in [1.54, 1.807) is 13.3 Å². The van der Waals surface area contributed by atoms with Gasteiger partial charge in [0.15, 0.2) is 5.96 Å². The number of nitrogens with zero attached hydrogens (tertiary/aromatic N) is 3. The van der Waals surface area contributed by atoms with Crippen molar-refractivity contribution in [2.24, 2.45) is 4.99 Å². The maximum atomic E-state index is 6.05. The van der Waals surface area contributed by atoms with Crippen LogP contribution in [0.15, 0.2) is 41.5 Å². The lowest BCUT2D eigenvalue weighted by Gasteiger charge is -2.36. The van der Waals surface area contributed by atoms with Crippen molar-refractivity contribution < 1.29 is 9.47 Å². The molecule has 1 saturated heterocycles. The Balaban J connectivity index is 0.00000280. The van der Waals surface area contributed by atoms with E-state index < -0.39 is 0 Å². The molecule has 1 aliphatic heterocycles. The molecule has 0 radical (unpaired) electrons. The van der Waals surface area contributed by atoms with Gasteiger partial charge in [-0.2, -0.15) is 0 Å². The second-order valence-electron chi connectivity index (χ2n) is 6.74. The molecule has 7 heteroatoms. The molecule has 3 rings (SSSR count). The van der Waals surface area contributed by atoms with Gasteiger partial charge in [-0.05, 0) is 31.0 Å². The van der Waals surface area contributed by atoms with Gasteiger partial charge in [-0.15, -0.1) is 24.0 Å². The predicted octanol–water partition coefficient (Wildman–Crippen LogP) is 3.47. The van der Waals surface area contributed by atoms with E-state index in [0.29, 0.717) is 19.0 Å². The molecule has 2 aromatic rings. The van der Waals surface area contributed by atoms with Gasteiger partial charge in [0.25, 0.3) is 0 Å². The topological polar surface area (TPSA) is 59.0 Å². The number of methoxy groups -OCH3 is 1. The van der Waals surface area contributed by atoms with Crippen LogP contribution in [0.3, 0.4) is 0 Å². The summed E-state index contributed by atoms with van der Waals surface area (Å²) in [7, 11) is 3.45. The molecule has 6 nitrogen and oxygen atoms in total. The number of morpholine rings is 1. The number of halogens is 1. The molecule has 0 aliphatic carbocycles. The van der Waals surface area contributed by atoms with Crippen molar-refractivity contribution in [3.8, 4) is 5.88 Å². The zero-order valence-electron chi connectivity index (χ0n) is 16.9. The average molecular weight is 496 g/mol. The highest BCUT2D eigenvalue weighted by Crippen LogP contribution is 2.26. The Bertz CT molecular complexity index is 813. The van der Waals surface area contributed by atoms with Gasteiger partial charge in [0.05, 0.1) is 20.3 Å². The summed E-state index contributed by atoms with van der Waals surface area (Å²) in [5.41, 5.74) is 4.78. The number of aliphatic imine (C=N–C) groups is 1. The molecule has 0 bridgehead atoms. The highest BCUT2D eigenvalue weighted by molar-refractivity contribution is 14.0. The summed E-state index contributed by atoms with van der Waals surface area (Å²) in [5, 5.41) is 3.43. The van der Waals surface area contributed by atoms with Crippen LogP contribution < -0.4 is 10.1 Å². The fourth-order valence-corrected chi connectivity index (χ4v) is 3.47. The molecule has 152 valence electrons. The molecule has 0 spiro atoms. The smallest absolute Gasteiger partial charge is 0.218 e. The van der Waals surface area contributed by atoms with Gasteiger partial charge in [0.1, 0.15) is 6.10 Å². The first-order valence-electron chi connectivity index (χ1n) is 9.24. The zero-order valence-corrected chi connectivity index (χ0v) is 19.3. The Morgan fingerprint density at radius 1 is 1.36 bits per heavy atom. The van der Waals surface area contributed by atoms with E-state index in [2.05, 4.69) is 52.2 Å². The number of rotatable bonds is 4. The number of aromatic nitrogens is 1. The van der Waals surface area contributed by atoms with Crippen LogP contribution in [-0.4, -0.2) is 49.7 Å². The van der Waals surface area contributed by atoms with Gasteiger partial charge in [-0.25, -0.2) is 4.98 Å². The van der Waals surface area contributed by atoms with E-state index in [0.717, 1.165) is 24.6 Å². The maximum absolute atomic E-state index is 6.05. The molecule has 0 saturated carbocycles. The molecule has 1 unspecified atom stereocenters. The van der Waals surface area contributed by atoms with Crippen LogP contribution in [0.4, 0.5) is 0 Å². The van der Waals surface area contributed by atoms with Crippen molar-refractivity contribution in [3.05, 3.63) is 58.8 Å². The molecule has 1 atom stereocenters. The van der Waals surface area contributed by atoms with Crippen molar-refractivity contribution in [2.45, 2.75) is 26.5 Å². The number of pyridine rings is 1. The van der Waals surface area contributed by atoms with Gasteiger partial charge < -0.3 is 19.7 Å². The molecule has 28 heavy (non-hydrogen) atoms. The molecule has 1 fully saturated rings. The second-order valence-corrected chi connectivity index (χ2v) is 6.74. The molecule has 2 heterocycles. The third-order valence-corrected chi connectivity index (χ3v) is 4.83. The highest BCUT2D eigenvalue weighted by atomic mass is 127. The third kappa shape index (κ3) is 5.35. The summed E-state index contributed by atoms with van der Waals surface area (Å²) >= 11 is 0. The number of benzene rings is 1. The summed E-state index contributed by atoms with van der Waals surface area (Å²) in [5.74, 6) is 1.49. The molecule has 1 aliphatic rings. The quantitative estimate of drug-likeness (QED) is 0.399. The lowest BCUT2D eigenvalue weighted by atomic mass is 10.00. The van der Waals surface area contributed by atoms with Gasteiger partial charge in [-0.3, -0.25) is 4.99 Å². The number of hydrogen-bond donors (Lipinski definition) is 1. The number of nitrogens with one attached hydrogen (secondary N) is 1. The van der Waals surface area contributed by atoms with E-state index in [-0.39, 0.29) is 30.1 Å². The monoisotopic (exact) mass is 496 g/mol. The summed E-state index contributed by atoms with van der Waals surface area (Å²) in [6.07, 6.45) is 1.78. The summed E-state index contributed by atoms with van der Waals surface area (Å²) in [6.45, 7) is 7.12. The normalized spacial score (nSPS) is 17.1. The van der Waals surface area contributed by atoms with Crippen LogP contribution in [0.1, 0.15) is 28.4 Å². The van der Waals surface area contributed by atoms with Crippen LogP contribution >= 0.6 is 24.0 Å². The van der Waals surface area contributed by atoms with Crippen molar-refractivity contribution in [1.29, 1.82) is 0 Å². The van der Waals surface area contributed by atoms with E-state index in [9.17, 15) is 0 Å². The number of ether oxygens (including phenoxy) is 2. The van der Waals surface area contributed by atoms with Crippen molar-refractivity contribution in [1.82, 2.24) is 15.2 Å². The Morgan fingerprint density at radius 3 is 2.89 bits per heavy atom. The summed E-state index contributed by atoms with van der Waals surface area (Å²) in [4.78, 5) is 11.0. The minimum Gasteiger partial charge on any atom is -0.481 e. The van der Waals surface area contributed by atoms with E-state index in [1.165, 1.54) is 16.7 Å². The minimum atomic E-state index is 0. The Labute approximate surface area is 184 Å². The lowest BCUT2D eigenvalue weighted by molar-refractivity contribution is -0.00834. The van der Waals surface area contributed by atoms with Crippen LogP contribution in [0.2, 0.25) is 0 Å². The first-order valence-corrected chi connectivity index (χ1v) is 9.24. The summed E-state index contributed by atoms with van der Waals surface area (Å²) < 4.78 is 11.4. The Morgan fingerprint density at radius 2 is 2.18 bits per heavy atom. The third-order valence-electron chi connectivity index (χ3n) is 4.83. The Kier molecular flexibility index (Phi) is 8.50. The van der Waals surface area contributed by atoms with Gasteiger partial charge in [0.2, 0.25) is 5.88 Å². The molecule has 1 N–H and O–H groups in total. The second kappa shape index (κ2) is 10.6. The van der Waals surface area contributed by atoms with Crippen molar-refractivity contribution in [3.63, 3.8) is 0 Å². The number of aryl methyl sites for hydroxylation is 2. The number of guanidine groups is 1. The predicted molar refractivity (Wildman–Crippen MR) is 123 cm³/mol. The standard InChI is InChI=1S/C21H28N4O2.HI/c1-15-7-8-18(16(2)12-15)19-14-25(10-11-27-19)21(22-3)24-13-17-6-5-9-23-20(17)26-4;/h5-9,12,19H,10-11,13-14H2,1-4H3,(H,22,24);1H. The van der Waals surface area contributed by atoms with Gasteiger partial charge in [0, 0.05) is 31.9 Å².